The van der Waals surface area contributed by atoms with E-state index in [-0.39, 0.29) is 6.04 Å². The highest BCUT2D eigenvalue weighted by Crippen LogP contribution is 2.23. The van der Waals surface area contributed by atoms with Gasteiger partial charge in [0, 0.05) is 30.9 Å². The van der Waals surface area contributed by atoms with E-state index in [0.29, 0.717) is 13.0 Å². The molecule has 1 atom stereocenters. The molecule has 2 aromatic rings. The lowest BCUT2D eigenvalue weighted by Gasteiger charge is -2.33. The molecule has 1 N–H and O–H groups in total. The van der Waals surface area contributed by atoms with Gasteiger partial charge in [-0.2, -0.15) is 0 Å². The van der Waals surface area contributed by atoms with Gasteiger partial charge < -0.3 is 14.4 Å². The number of nitrogens with zero attached hydrogens (tertiary/aromatic N) is 3. The molecular formula is C16H21N3O2. The Kier molecular flexibility index (Phi) is 3.57. The minimum Gasteiger partial charge on any atom is -0.465 e. The fourth-order valence-electron chi connectivity index (χ4n) is 3.25. The molecular weight excluding hydrogens is 266 g/mol. The Balaban J connectivity index is 1.92. The van der Waals surface area contributed by atoms with Crippen LogP contribution in [0.4, 0.5) is 4.79 Å². The minimum atomic E-state index is -0.808. The van der Waals surface area contributed by atoms with Crippen LogP contribution >= 0.6 is 0 Å². The molecule has 5 nitrogen and oxygen atoms in total. The normalized spacial score (nSPS) is 19.1. The molecule has 0 unspecified atom stereocenters. The number of fused-ring (bicyclic) bond motifs is 1. The van der Waals surface area contributed by atoms with Crippen LogP contribution in [0.5, 0.6) is 0 Å². The van der Waals surface area contributed by atoms with Gasteiger partial charge in [0.05, 0.1) is 5.69 Å². The molecule has 2 aromatic heterocycles. The van der Waals surface area contributed by atoms with E-state index in [0.717, 1.165) is 41.9 Å². The first-order valence-corrected chi connectivity index (χ1v) is 7.50. The van der Waals surface area contributed by atoms with Gasteiger partial charge in [0.1, 0.15) is 5.65 Å². The number of amides is 1. The molecule has 1 aliphatic rings. The summed E-state index contributed by atoms with van der Waals surface area (Å²) in [4.78, 5) is 17.7. The Bertz CT molecular complexity index is 677. The van der Waals surface area contributed by atoms with Gasteiger partial charge >= 0.3 is 6.09 Å². The quantitative estimate of drug-likeness (QED) is 0.923. The first-order valence-electron chi connectivity index (χ1n) is 7.50. The summed E-state index contributed by atoms with van der Waals surface area (Å²) in [5, 5.41) is 9.34. The van der Waals surface area contributed by atoms with Crippen LogP contribution in [0, 0.1) is 13.8 Å². The van der Waals surface area contributed by atoms with Crippen molar-refractivity contribution in [1.82, 2.24) is 14.3 Å². The number of carboxylic acid groups (broad SMARTS) is 1. The first kappa shape index (κ1) is 13.9. The highest BCUT2D eigenvalue weighted by Gasteiger charge is 2.27. The number of carbonyl (C=O) groups is 1. The molecule has 1 amide bonds. The van der Waals surface area contributed by atoms with Gasteiger partial charge in [-0.3, -0.25) is 0 Å². The summed E-state index contributed by atoms with van der Waals surface area (Å²) in [6.07, 6.45) is 4.91. The zero-order valence-corrected chi connectivity index (χ0v) is 12.5. The molecule has 0 bridgehead atoms. The predicted octanol–water partition coefficient (Wildman–Crippen LogP) is 3.03. The predicted molar refractivity (Wildman–Crippen MR) is 80.7 cm³/mol. The van der Waals surface area contributed by atoms with E-state index in [1.54, 1.807) is 4.90 Å². The maximum Gasteiger partial charge on any atom is 0.407 e. The number of aromatic nitrogens is 2. The van der Waals surface area contributed by atoms with E-state index in [1.807, 2.05) is 12.3 Å². The number of pyridine rings is 1. The van der Waals surface area contributed by atoms with Crippen molar-refractivity contribution in [2.75, 3.05) is 6.54 Å². The zero-order valence-electron chi connectivity index (χ0n) is 12.5. The summed E-state index contributed by atoms with van der Waals surface area (Å²) in [5.41, 5.74) is 4.25. The molecule has 0 aliphatic carbocycles. The second-order valence-electron chi connectivity index (χ2n) is 5.86. The van der Waals surface area contributed by atoms with Crippen LogP contribution in [0.2, 0.25) is 0 Å². The zero-order chi connectivity index (χ0) is 15.0. The van der Waals surface area contributed by atoms with Crippen molar-refractivity contribution in [3.8, 4) is 0 Å². The van der Waals surface area contributed by atoms with Crippen LogP contribution in [-0.4, -0.2) is 38.1 Å². The lowest BCUT2D eigenvalue weighted by Crippen LogP contribution is -2.44. The van der Waals surface area contributed by atoms with Gasteiger partial charge in [0.2, 0.25) is 0 Å². The van der Waals surface area contributed by atoms with E-state index in [1.165, 1.54) is 0 Å². The first-order chi connectivity index (χ1) is 10.1. The monoisotopic (exact) mass is 287 g/mol. The number of piperidine rings is 1. The second-order valence-corrected chi connectivity index (χ2v) is 5.86. The number of likely N-dealkylation sites (tertiary alicyclic amines) is 1. The number of hydrogen-bond donors (Lipinski definition) is 1. The van der Waals surface area contributed by atoms with Crippen molar-refractivity contribution in [2.24, 2.45) is 0 Å². The molecule has 0 aromatic carbocycles. The molecule has 1 aliphatic heterocycles. The van der Waals surface area contributed by atoms with Crippen LogP contribution in [0.25, 0.3) is 5.65 Å². The third kappa shape index (κ3) is 2.48. The average Bonchev–Trinajstić information content (AvgIpc) is 2.78. The standard InChI is InChI=1S/C16H21N3O2/c1-11-6-5-9-18-12(2)14(17-15(11)18)10-13-7-3-4-8-19(13)16(20)21/h5-6,9,13H,3-4,7-8,10H2,1-2H3,(H,20,21)/t13-/m0/s1. The van der Waals surface area contributed by atoms with Crippen molar-refractivity contribution < 1.29 is 9.90 Å². The molecule has 0 radical (unpaired) electrons. The molecule has 0 spiro atoms. The van der Waals surface area contributed by atoms with Crippen LogP contribution in [0.15, 0.2) is 18.3 Å². The van der Waals surface area contributed by atoms with Crippen LogP contribution < -0.4 is 0 Å². The topological polar surface area (TPSA) is 57.8 Å². The summed E-state index contributed by atoms with van der Waals surface area (Å²) < 4.78 is 2.10. The lowest BCUT2D eigenvalue weighted by atomic mass is 9.98. The Morgan fingerprint density at radius 3 is 2.95 bits per heavy atom. The van der Waals surface area contributed by atoms with Crippen molar-refractivity contribution in [3.05, 3.63) is 35.3 Å². The van der Waals surface area contributed by atoms with Gasteiger partial charge in [-0.15, -0.1) is 0 Å². The Morgan fingerprint density at radius 2 is 2.24 bits per heavy atom. The maximum absolute atomic E-state index is 11.4. The molecule has 1 saturated heterocycles. The van der Waals surface area contributed by atoms with E-state index in [4.69, 9.17) is 4.98 Å². The third-order valence-corrected chi connectivity index (χ3v) is 4.48. The highest BCUT2D eigenvalue weighted by molar-refractivity contribution is 5.65. The fourth-order valence-corrected chi connectivity index (χ4v) is 3.25. The molecule has 112 valence electrons. The largest absolute Gasteiger partial charge is 0.465 e. The van der Waals surface area contributed by atoms with Crippen LogP contribution in [-0.2, 0) is 6.42 Å². The van der Waals surface area contributed by atoms with Crippen molar-refractivity contribution in [3.63, 3.8) is 0 Å². The number of rotatable bonds is 2. The van der Waals surface area contributed by atoms with Gasteiger partial charge in [-0.05, 0) is 44.7 Å². The Hall–Kier alpha value is -2.04. The molecule has 5 heteroatoms. The highest BCUT2D eigenvalue weighted by atomic mass is 16.4. The summed E-state index contributed by atoms with van der Waals surface area (Å²) in [5.74, 6) is 0. The number of imidazole rings is 1. The molecule has 3 rings (SSSR count). The van der Waals surface area contributed by atoms with Crippen molar-refractivity contribution >= 4 is 11.7 Å². The van der Waals surface area contributed by atoms with E-state index < -0.39 is 6.09 Å². The smallest absolute Gasteiger partial charge is 0.407 e. The summed E-state index contributed by atoms with van der Waals surface area (Å²) in [7, 11) is 0. The van der Waals surface area contributed by atoms with Crippen LogP contribution in [0.3, 0.4) is 0 Å². The molecule has 21 heavy (non-hydrogen) atoms. The third-order valence-electron chi connectivity index (χ3n) is 4.48. The maximum atomic E-state index is 11.4. The number of aryl methyl sites for hydroxylation is 2. The number of hydrogen-bond acceptors (Lipinski definition) is 2. The molecule has 0 saturated carbocycles. The summed E-state index contributed by atoms with van der Waals surface area (Å²) >= 11 is 0. The fraction of sp³-hybridized carbons (Fsp3) is 0.500. The molecule has 3 heterocycles. The second kappa shape index (κ2) is 5.39. The lowest BCUT2D eigenvalue weighted by molar-refractivity contribution is 0.106. The molecule has 1 fully saturated rings. The van der Waals surface area contributed by atoms with E-state index in [2.05, 4.69) is 24.3 Å². The summed E-state index contributed by atoms with van der Waals surface area (Å²) in [6, 6.07) is 4.13. The van der Waals surface area contributed by atoms with Gasteiger partial charge in [-0.1, -0.05) is 6.07 Å². The van der Waals surface area contributed by atoms with Gasteiger partial charge in [0.25, 0.3) is 0 Å². The summed E-state index contributed by atoms with van der Waals surface area (Å²) in [6.45, 7) is 4.75. The Morgan fingerprint density at radius 1 is 1.43 bits per heavy atom. The van der Waals surface area contributed by atoms with Crippen molar-refractivity contribution in [2.45, 2.75) is 45.6 Å². The minimum absolute atomic E-state index is 0.0557. The van der Waals surface area contributed by atoms with E-state index >= 15 is 0 Å². The van der Waals surface area contributed by atoms with Gasteiger partial charge in [-0.25, -0.2) is 9.78 Å². The van der Waals surface area contributed by atoms with Crippen molar-refractivity contribution in [1.29, 1.82) is 0 Å². The van der Waals surface area contributed by atoms with E-state index in [9.17, 15) is 9.90 Å². The SMILES string of the molecule is Cc1cccn2c(C)c(C[C@@H]3CCCCN3C(=O)O)nc12. The van der Waals surface area contributed by atoms with Gasteiger partial charge in [0.15, 0.2) is 0 Å². The van der Waals surface area contributed by atoms with Crippen LogP contribution in [0.1, 0.15) is 36.2 Å². The Labute approximate surface area is 124 Å². The average molecular weight is 287 g/mol.